The van der Waals surface area contributed by atoms with E-state index in [9.17, 15) is 4.79 Å². The molecule has 34 heavy (non-hydrogen) atoms. The third-order valence-electron chi connectivity index (χ3n) is 7.18. The van der Waals surface area contributed by atoms with Crippen molar-refractivity contribution in [1.82, 2.24) is 0 Å². The molecule has 0 saturated carbocycles. The van der Waals surface area contributed by atoms with Crippen molar-refractivity contribution in [1.29, 1.82) is 0 Å². The summed E-state index contributed by atoms with van der Waals surface area (Å²) in [6.45, 7) is 18.9. The van der Waals surface area contributed by atoms with Gasteiger partial charge < -0.3 is 42.4 Å². The van der Waals surface area contributed by atoms with E-state index in [2.05, 4.69) is 33.9 Å². The summed E-state index contributed by atoms with van der Waals surface area (Å²) in [4.78, 5) is 11.8. The van der Waals surface area contributed by atoms with E-state index in [-0.39, 0.29) is 30.1 Å². The second kappa shape index (κ2) is 10.1. The lowest BCUT2D eigenvalue weighted by Crippen LogP contribution is -2.58. The molecule has 3 heterocycles. The summed E-state index contributed by atoms with van der Waals surface area (Å²) in [5, 5.41) is 0.0668. The first-order chi connectivity index (χ1) is 15.6. The average Bonchev–Trinajstić information content (AvgIpc) is 3.19. The Labute approximate surface area is 205 Å². The first kappa shape index (κ1) is 28.1. The van der Waals surface area contributed by atoms with E-state index < -0.39 is 44.3 Å². The molecular formula is C24H44O9Si. The summed E-state index contributed by atoms with van der Waals surface area (Å²) < 4.78 is 48.7. The number of aldehydes is 1. The van der Waals surface area contributed by atoms with Gasteiger partial charge in [0.2, 0.25) is 0 Å². The predicted molar refractivity (Wildman–Crippen MR) is 127 cm³/mol. The molecule has 7 atom stereocenters. The van der Waals surface area contributed by atoms with Crippen LogP contribution in [0.5, 0.6) is 0 Å². The van der Waals surface area contributed by atoms with Gasteiger partial charge in [0.15, 0.2) is 26.2 Å². The number of hydrogen-bond donors (Lipinski definition) is 0. The number of carbonyl (C=O) groups is 1. The standard InChI is InChI=1S/C24H44O9Si/c1-22(2,3)34(9,10)28-13-18-20(33-24(6,7)31-18)21-19-16(30-23(4,5)32-19)11-15(29-21)17(12-25)27-14-26-8/h12,15-21H,11,13-14H2,1-10H3/t15-,16-,17-,18-,19-,20+,21-/m1/s1. The van der Waals surface area contributed by atoms with Crippen molar-refractivity contribution in [2.45, 2.75) is 127 Å². The fourth-order valence-electron chi connectivity index (χ4n) is 4.52. The number of hydrogen-bond acceptors (Lipinski definition) is 9. The van der Waals surface area contributed by atoms with Crippen molar-refractivity contribution < 1.29 is 42.4 Å². The van der Waals surface area contributed by atoms with Crippen LogP contribution in [-0.4, -0.2) is 89.4 Å². The number of carbonyl (C=O) groups excluding carboxylic acids is 1. The molecule has 3 aliphatic rings. The van der Waals surface area contributed by atoms with Crippen molar-refractivity contribution in [2.24, 2.45) is 0 Å². The van der Waals surface area contributed by atoms with Gasteiger partial charge in [-0.05, 0) is 45.8 Å². The summed E-state index contributed by atoms with van der Waals surface area (Å²) in [7, 11) is -0.500. The van der Waals surface area contributed by atoms with E-state index in [0.29, 0.717) is 13.0 Å². The van der Waals surface area contributed by atoms with Gasteiger partial charge in [0.25, 0.3) is 0 Å². The third-order valence-corrected chi connectivity index (χ3v) is 11.7. The van der Waals surface area contributed by atoms with Crippen LogP contribution in [0.25, 0.3) is 0 Å². The number of fused-ring (bicyclic) bond motifs is 1. The molecule has 0 spiro atoms. The predicted octanol–water partition coefficient (Wildman–Crippen LogP) is 3.39. The number of ether oxygens (including phenoxy) is 7. The van der Waals surface area contributed by atoms with Gasteiger partial charge in [0.05, 0.1) is 18.8 Å². The Morgan fingerprint density at radius 2 is 1.62 bits per heavy atom. The van der Waals surface area contributed by atoms with Gasteiger partial charge >= 0.3 is 0 Å². The first-order valence-electron chi connectivity index (χ1n) is 12.2. The molecule has 3 saturated heterocycles. The van der Waals surface area contributed by atoms with Crippen LogP contribution >= 0.6 is 0 Å². The van der Waals surface area contributed by atoms with Crippen molar-refractivity contribution >= 4 is 14.6 Å². The van der Waals surface area contributed by atoms with Crippen LogP contribution in [0.4, 0.5) is 0 Å². The van der Waals surface area contributed by atoms with Crippen LogP contribution in [-0.2, 0) is 42.4 Å². The summed E-state index contributed by atoms with van der Waals surface area (Å²) in [6.07, 6.45) is -2.15. The molecule has 0 radical (unpaired) electrons. The summed E-state index contributed by atoms with van der Waals surface area (Å²) >= 11 is 0. The van der Waals surface area contributed by atoms with Crippen LogP contribution in [0.1, 0.15) is 54.9 Å². The maximum Gasteiger partial charge on any atom is 0.192 e. The highest BCUT2D eigenvalue weighted by atomic mass is 28.4. The molecule has 0 N–H and O–H groups in total. The van der Waals surface area contributed by atoms with Gasteiger partial charge in [-0.2, -0.15) is 0 Å². The minimum absolute atomic E-state index is 0.00999. The largest absolute Gasteiger partial charge is 0.414 e. The fourth-order valence-corrected chi connectivity index (χ4v) is 5.54. The Balaban J connectivity index is 1.85. The zero-order valence-corrected chi connectivity index (χ0v) is 23.4. The second-order valence-corrected chi connectivity index (χ2v) is 16.7. The number of rotatable bonds is 9. The molecule has 0 aliphatic carbocycles. The van der Waals surface area contributed by atoms with Gasteiger partial charge in [0.1, 0.15) is 37.3 Å². The smallest absolute Gasteiger partial charge is 0.192 e. The molecule has 0 aromatic heterocycles. The van der Waals surface area contributed by atoms with E-state index in [0.717, 1.165) is 6.29 Å². The highest BCUT2D eigenvalue weighted by Gasteiger charge is 2.58. The van der Waals surface area contributed by atoms with Crippen LogP contribution in [0.2, 0.25) is 18.1 Å². The topological polar surface area (TPSA) is 90.9 Å². The molecule has 3 rings (SSSR count). The molecule has 0 aromatic rings. The van der Waals surface area contributed by atoms with Gasteiger partial charge in [-0.15, -0.1) is 0 Å². The highest BCUT2D eigenvalue weighted by Crippen LogP contribution is 2.44. The molecule has 3 fully saturated rings. The van der Waals surface area contributed by atoms with Crippen molar-refractivity contribution in [3.63, 3.8) is 0 Å². The van der Waals surface area contributed by atoms with Crippen molar-refractivity contribution in [3.05, 3.63) is 0 Å². The summed E-state index contributed by atoms with van der Waals surface area (Å²) in [5.74, 6) is -1.60. The van der Waals surface area contributed by atoms with Crippen LogP contribution in [0.3, 0.4) is 0 Å². The van der Waals surface area contributed by atoms with Crippen LogP contribution in [0, 0.1) is 0 Å². The third kappa shape index (κ3) is 6.27. The Morgan fingerprint density at radius 1 is 1.00 bits per heavy atom. The molecule has 9 nitrogen and oxygen atoms in total. The molecule has 0 unspecified atom stereocenters. The van der Waals surface area contributed by atoms with Gasteiger partial charge in [-0.1, -0.05) is 20.8 Å². The summed E-state index contributed by atoms with van der Waals surface area (Å²) in [6, 6.07) is 0. The minimum atomic E-state index is -2.01. The molecule has 0 amide bonds. The maximum absolute atomic E-state index is 11.8. The Bertz CT molecular complexity index is 705. The SMILES string of the molecule is COCO[C@H](C=O)[C@H]1C[C@H]2OC(C)(C)O[C@H]2[C@H]([C@H]2OC(C)(C)O[C@@H]2CO[Si](C)(C)C(C)(C)C)O1. The lowest BCUT2D eigenvalue weighted by atomic mass is 9.91. The lowest BCUT2D eigenvalue weighted by molar-refractivity contribution is -0.224. The van der Waals surface area contributed by atoms with E-state index in [1.807, 2.05) is 27.7 Å². The van der Waals surface area contributed by atoms with Gasteiger partial charge in [0, 0.05) is 13.5 Å². The van der Waals surface area contributed by atoms with E-state index in [4.69, 9.17) is 37.6 Å². The first-order valence-corrected chi connectivity index (χ1v) is 15.1. The highest BCUT2D eigenvalue weighted by molar-refractivity contribution is 6.74. The molecule has 3 aliphatic heterocycles. The van der Waals surface area contributed by atoms with Crippen LogP contribution in [0.15, 0.2) is 0 Å². The molecule has 198 valence electrons. The van der Waals surface area contributed by atoms with Gasteiger partial charge in [-0.25, -0.2) is 0 Å². The molecule has 0 bridgehead atoms. The van der Waals surface area contributed by atoms with E-state index in [1.54, 1.807) is 0 Å². The lowest BCUT2D eigenvalue weighted by Gasteiger charge is -2.42. The Morgan fingerprint density at radius 3 is 2.21 bits per heavy atom. The maximum atomic E-state index is 11.8. The number of methoxy groups -OCH3 is 1. The van der Waals surface area contributed by atoms with Gasteiger partial charge in [-0.3, -0.25) is 0 Å². The quantitative estimate of drug-likeness (QED) is 0.266. The van der Waals surface area contributed by atoms with Crippen molar-refractivity contribution in [2.75, 3.05) is 20.5 Å². The Kier molecular flexibility index (Phi) is 8.39. The molecular weight excluding hydrogens is 460 g/mol. The monoisotopic (exact) mass is 504 g/mol. The molecule has 10 heteroatoms. The summed E-state index contributed by atoms with van der Waals surface area (Å²) in [5.41, 5.74) is 0. The van der Waals surface area contributed by atoms with Crippen molar-refractivity contribution in [3.8, 4) is 0 Å². The van der Waals surface area contributed by atoms with E-state index in [1.165, 1.54) is 7.11 Å². The zero-order valence-electron chi connectivity index (χ0n) is 22.4. The van der Waals surface area contributed by atoms with Crippen LogP contribution < -0.4 is 0 Å². The van der Waals surface area contributed by atoms with E-state index >= 15 is 0 Å². The Hall–Kier alpha value is -0.433. The second-order valence-electron chi connectivity index (χ2n) is 11.9. The average molecular weight is 505 g/mol. The molecule has 0 aromatic carbocycles. The zero-order chi connectivity index (χ0) is 25.5. The normalized spacial score (nSPS) is 36.3. The fraction of sp³-hybridized carbons (Fsp3) is 0.958. The minimum Gasteiger partial charge on any atom is -0.414 e.